The van der Waals surface area contributed by atoms with Gasteiger partial charge in [0.2, 0.25) is 5.88 Å². The number of pyridine rings is 1. The Morgan fingerprint density at radius 2 is 2.35 bits per heavy atom. The molecule has 0 spiro atoms. The molecule has 0 unspecified atom stereocenters. The Morgan fingerprint density at radius 1 is 1.53 bits per heavy atom. The topological polar surface area (TPSA) is 51.4 Å². The van der Waals surface area contributed by atoms with E-state index in [1.54, 1.807) is 13.3 Å². The Hall–Kier alpha value is -1.13. The van der Waals surface area contributed by atoms with Gasteiger partial charge in [-0.15, -0.1) is 0 Å². The zero-order valence-corrected chi connectivity index (χ0v) is 10.4. The third-order valence-corrected chi connectivity index (χ3v) is 3.42. The Balaban J connectivity index is 2.05. The highest BCUT2D eigenvalue weighted by Crippen LogP contribution is 2.27. The molecule has 0 aromatic carbocycles. The molecule has 1 aromatic heterocycles. The van der Waals surface area contributed by atoms with E-state index in [1.165, 1.54) is 19.3 Å². The van der Waals surface area contributed by atoms with E-state index >= 15 is 0 Å². The molecule has 1 aromatic rings. The molecular weight excluding hydrogens is 214 g/mol. The predicted molar refractivity (Wildman–Crippen MR) is 67.9 cm³/mol. The quantitative estimate of drug-likeness (QED) is 0.810. The Kier molecular flexibility index (Phi) is 4.34. The fraction of sp³-hybridized carbons (Fsp3) is 0.615. The van der Waals surface area contributed by atoms with Gasteiger partial charge in [0, 0.05) is 37.4 Å². The molecule has 0 aliphatic heterocycles. The zero-order valence-electron chi connectivity index (χ0n) is 10.4. The van der Waals surface area contributed by atoms with Crippen LogP contribution in [0.15, 0.2) is 18.3 Å². The maximum atomic E-state index is 5.68. The number of hydrogen-bond donors (Lipinski definition) is 1. The second-order valence-electron chi connectivity index (χ2n) is 4.52. The number of rotatable bonds is 6. The Morgan fingerprint density at radius 3 is 2.94 bits per heavy atom. The van der Waals surface area contributed by atoms with Crippen molar-refractivity contribution in [2.45, 2.75) is 31.8 Å². The molecule has 4 heteroatoms. The van der Waals surface area contributed by atoms with Crippen molar-refractivity contribution in [1.82, 2.24) is 9.88 Å². The highest BCUT2D eigenvalue weighted by atomic mass is 16.5. The first kappa shape index (κ1) is 12.3. The predicted octanol–water partition coefficient (Wildman–Crippen LogP) is 1.40. The fourth-order valence-corrected chi connectivity index (χ4v) is 2.26. The number of methoxy groups -OCH3 is 1. The van der Waals surface area contributed by atoms with E-state index < -0.39 is 0 Å². The van der Waals surface area contributed by atoms with Crippen molar-refractivity contribution in [2.75, 3.05) is 20.2 Å². The summed E-state index contributed by atoms with van der Waals surface area (Å²) in [4.78, 5) is 6.68. The SMILES string of the molecule is COc1ncccc1CN(CCN)C1CCC1. The average Bonchev–Trinajstić information content (AvgIpc) is 2.28. The molecule has 1 aliphatic rings. The Bertz CT molecular complexity index is 352. The van der Waals surface area contributed by atoms with Crippen molar-refractivity contribution in [3.63, 3.8) is 0 Å². The van der Waals surface area contributed by atoms with Crippen molar-refractivity contribution >= 4 is 0 Å². The second-order valence-corrected chi connectivity index (χ2v) is 4.52. The summed E-state index contributed by atoms with van der Waals surface area (Å²) in [6.07, 6.45) is 5.69. The van der Waals surface area contributed by atoms with Gasteiger partial charge >= 0.3 is 0 Å². The molecule has 2 rings (SSSR count). The van der Waals surface area contributed by atoms with E-state index in [4.69, 9.17) is 10.5 Å². The lowest BCUT2D eigenvalue weighted by Gasteiger charge is -2.37. The largest absolute Gasteiger partial charge is 0.481 e. The fourth-order valence-electron chi connectivity index (χ4n) is 2.26. The molecule has 94 valence electrons. The van der Waals surface area contributed by atoms with Crippen molar-refractivity contribution in [2.24, 2.45) is 5.73 Å². The van der Waals surface area contributed by atoms with Crippen LogP contribution in [0.2, 0.25) is 0 Å². The van der Waals surface area contributed by atoms with Gasteiger partial charge in [-0.05, 0) is 18.9 Å². The molecule has 2 N–H and O–H groups in total. The monoisotopic (exact) mass is 235 g/mol. The van der Waals surface area contributed by atoms with Gasteiger partial charge in [0.1, 0.15) is 0 Å². The Labute approximate surface area is 103 Å². The molecule has 1 aliphatic carbocycles. The molecule has 1 heterocycles. The van der Waals surface area contributed by atoms with Crippen LogP contribution in [0, 0.1) is 0 Å². The van der Waals surface area contributed by atoms with E-state index in [9.17, 15) is 0 Å². The average molecular weight is 235 g/mol. The van der Waals surface area contributed by atoms with Gasteiger partial charge in [0.05, 0.1) is 7.11 Å². The number of aromatic nitrogens is 1. The summed E-state index contributed by atoms with van der Waals surface area (Å²) in [6, 6.07) is 4.73. The van der Waals surface area contributed by atoms with E-state index in [1.807, 2.05) is 6.07 Å². The van der Waals surface area contributed by atoms with Gasteiger partial charge in [-0.2, -0.15) is 0 Å². The molecule has 1 saturated carbocycles. The van der Waals surface area contributed by atoms with E-state index in [-0.39, 0.29) is 0 Å². The summed E-state index contributed by atoms with van der Waals surface area (Å²) in [6.45, 7) is 2.54. The lowest BCUT2D eigenvalue weighted by atomic mass is 9.91. The first-order valence-electron chi connectivity index (χ1n) is 6.27. The highest BCUT2D eigenvalue weighted by molar-refractivity contribution is 5.25. The van der Waals surface area contributed by atoms with Gasteiger partial charge in [-0.1, -0.05) is 12.5 Å². The molecule has 17 heavy (non-hydrogen) atoms. The number of ether oxygens (including phenoxy) is 1. The van der Waals surface area contributed by atoms with Crippen LogP contribution in [0.4, 0.5) is 0 Å². The lowest BCUT2D eigenvalue weighted by molar-refractivity contribution is 0.122. The summed E-state index contributed by atoms with van der Waals surface area (Å²) < 4.78 is 5.29. The van der Waals surface area contributed by atoms with Crippen LogP contribution in [0.25, 0.3) is 0 Å². The summed E-state index contributed by atoms with van der Waals surface area (Å²) in [5.74, 6) is 0.730. The molecule has 0 radical (unpaired) electrons. The van der Waals surface area contributed by atoms with Crippen molar-refractivity contribution in [3.8, 4) is 5.88 Å². The highest BCUT2D eigenvalue weighted by Gasteiger charge is 2.25. The maximum Gasteiger partial charge on any atom is 0.217 e. The van der Waals surface area contributed by atoms with Crippen LogP contribution >= 0.6 is 0 Å². The second kappa shape index (κ2) is 5.98. The van der Waals surface area contributed by atoms with Gasteiger partial charge in [0.25, 0.3) is 0 Å². The first-order chi connectivity index (χ1) is 8.35. The molecule has 0 saturated heterocycles. The normalized spacial score (nSPS) is 15.9. The van der Waals surface area contributed by atoms with Crippen molar-refractivity contribution < 1.29 is 4.74 Å². The van der Waals surface area contributed by atoms with Crippen LogP contribution in [0.3, 0.4) is 0 Å². The molecular formula is C13H21N3O. The third-order valence-electron chi connectivity index (χ3n) is 3.42. The molecule has 0 amide bonds. The van der Waals surface area contributed by atoms with Gasteiger partial charge in [0.15, 0.2) is 0 Å². The van der Waals surface area contributed by atoms with Crippen LogP contribution in [0.5, 0.6) is 5.88 Å². The molecule has 1 fully saturated rings. The number of hydrogen-bond acceptors (Lipinski definition) is 4. The minimum Gasteiger partial charge on any atom is -0.481 e. The van der Waals surface area contributed by atoms with Gasteiger partial charge in [-0.25, -0.2) is 4.98 Å². The van der Waals surface area contributed by atoms with Crippen LogP contribution < -0.4 is 10.5 Å². The standard InChI is InChI=1S/C13H21N3O/c1-17-13-11(4-3-8-15-13)10-16(9-7-14)12-5-2-6-12/h3-4,8,12H,2,5-7,9-10,14H2,1H3. The van der Waals surface area contributed by atoms with E-state index in [0.29, 0.717) is 12.6 Å². The van der Waals surface area contributed by atoms with Gasteiger partial charge in [-0.3, -0.25) is 4.90 Å². The molecule has 0 bridgehead atoms. The summed E-state index contributed by atoms with van der Waals surface area (Å²) in [5, 5.41) is 0. The lowest BCUT2D eigenvalue weighted by Crippen LogP contribution is -2.42. The molecule has 0 atom stereocenters. The first-order valence-corrected chi connectivity index (χ1v) is 6.27. The van der Waals surface area contributed by atoms with Crippen LogP contribution in [-0.4, -0.2) is 36.1 Å². The number of nitrogens with two attached hydrogens (primary N) is 1. The van der Waals surface area contributed by atoms with Gasteiger partial charge < -0.3 is 10.5 Å². The smallest absolute Gasteiger partial charge is 0.217 e. The van der Waals surface area contributed by atoms with Crippen molar-refractivity contribution in [1.29, 1.82) is 0 Å². The summed E-state index contributed by atoms with van der Waals surface area (Å²) >= 11 is 0. The zero-order chi connectivity index (χ0) is 12.1. The third kappa shape index (κ3) is 2.96. The van der Waals surface area contributed by atoms with E-state index in [0.717, 1.165) is 24.5 Å². The number of nitrogens with zero attached hydrogens (tertiary/aromatic N) is 2. The van der Waals surface area contributed by atoms with Crippen LogP contribution in [0.1, 0.15) is 24.8 Å². The van der Waals surface area contributed by atoms with E-state index in [2.05, 4.69) is 16.0 Å². The minimum atomic E-state index is 0.698. The van der Waals surface area contributed by atoms with Crippen molar-refractivity contribution in [3.05, 3.63) is 23.9 Å². The molecule has 4 nitrogen and oxygen atoms in total. The maximum absolute atomic E-state index is 5.68. The minimum absolute atomic E-state index is 0.698. The van der Waals surface area contributed by atoms with Crippen LogP contribution in [-0.2, 0) is 6.54 Å². The summed E-state index contributed by atoms with van der Waals surface area (Å²) in [7, 11) is 1.67. The summed E-state index contributed by atoms with van der Waals surface area (Å²) in [5.41, 5.74) is 6.83.